The van der Waals surface area contributed by atoms with Gasteiger partial charge in [0, 0.05) is 36.3 Å². The highest BCUT2D eigenvalue weighted by atomic mass is 15.1. The number of nitrogens with one attached hydrogen (secondary N) is 2. The molecule has 1 aromatic carbocycles. The molecule has 2 N–H and O–H groups in total. The summed E-state index contributed by atoms with van der Waals surface area (Å²) >= 11 is 0. The van der Waals surface area contributed by atoms with Gasteiger partial charge in [-0.15, -0.1) is 0 Å². The van der Waals surface area contributed by atoms with Crippen LogP contribution in [0.1, 0.15) is 25.0 Å². The predicted octanol–water partition coefficient (Wildman–Crippen LogP) is 4.58. The van der Waals surface area contributed by atoms with Crippen LogP contribution in [-0.4, -0.2) is 21.5 Å². The summed E-state index contributed by atoms with van der Waals surface area (Å²) in [6, 6.07) is 12.2. The van der Waals surface area contributed by atoms with Crippen LogP contribution in [0.2, 0.25) is 0 Å². The van der Waals surface area contributed by atoms with Crippen molar-refractivity contribution in [2.75, 3.05) is 17.2 Å². The van der Waals surface area contributed by atoms with Crippen molar-refractivity contribution in [3.8, 4) is 11.3 Å². The molecule has 0 radical (unpaired) electrons. The van der Waals surface area contributed by atoms with Crippen molar-refractivity contribution >= 4 is 17.5 Å². The SMILES string of the molecule is CCNc1nc(Nc2c(C)cccc2CC)cc(-c2cccnc2)n1. The van der Waals surface area contributed by atoms with Crippen LogP contribution in [0.3, 0.4) is 0 Å². The number of aromatic nitrogens is 3. The maximum Gasteiger partial charge on any atom is 0.225 e. The lowest BCUT2D eigenvalue weighted by Crippen LogP contribution is -2.06. The third-order valence-electron chi connectivity index (χ3n) is 4.01. The van der Waals surface area contributed by atoms with Crippen LogP contribution in [0, 0.1) is 6.92 Å². The molecule has 2 heterocycles. The summed E-state index contributed by atoms with van der Waals surface area (Å²) < 4.78 is 0. The smallest absolute Gasteiger partial charge is 0.225 e. The Bertz CT molecular complexity index is 846. The van der Waals surface area contributed by atoms with E-state index in [1.54, 1.807) is 6.20 Å². The molecule has 0 saturated carbocycles. The summed E-state index contributed by atoms with van der Waals surface area (Å²) in [6.45, 7) is 7.06. The molecule has 0 amide bonds. The van der Waals surface area contributed by atoms with Crippen LogP contribution in [-0.2, 0) is 6.42 Å². The number of aryl methyl sites for hydroxylation is 2. The minimum Gasteiger partial charge on any atom is -0.354 e. The van der Waals surface area contributed by atoms with E-state index >= 15 is 0 Å². The van der Waals surface area contributed by atoms with E-state index in [1.807, 2.05) is 31.3 Å². The summed E-state index contributed by atoms with van der Waals surface area (Å²) in [4.78, 5) is 13.4. The van der Waals surface area contributed by atoms with Crippen LogP contribution in [0.4, 0.5) is 17.5 Å². The molecule has 0 unspecified atom stereocenters. The number of hydrogen-bond donors (Lipinski definition) is 2. The fourth-order valence-electron chi connectivity index (χ4n) is 2.74. The minimum absolute atomic E-state index is 0.609. The molecule has 3 aromatic rings. The molecule has 128 valence electrons. The highest BCUT2D eigenvalue weighted by Crippen LogP contribution is 2.27. The van der Waals surface area contributed by atoms with Crippen LogP contribution < -0.4 is 10.6 Å². The van der Waals surface area contributed by atoms with Gasteiger partial charge in [-0.3, -0.25) is 4.98 Å². The summed E-state index contributed by atoms with van der Waals surface area (Å²) in [6.07, 6.45) is 4.54. The standard InChI is InChI=1S/C20H23N5/c1-4-15-9-6-8-14(3)19(15)24-18-12-17(16-10-7-11-21-13-16)23-20(25-18)22-5-2/h6-13H,4-5H2,1-3H3,(H2,22,23,24,25). The first-order chi connectivity index (χ1) is 12.2. The molecule has 2 aromatic heterocycles. The second kappa shape index (κ2) is 7.75. The number of rotatable bonds is 6. The average Bonchev–Trinajstić information content (AvgIpc) is 2.64. The average molecular weight is 333 g/mol. The Labute approximate surface area is 148 Å². The summed E-state index contributed by atoms with van der Waals surface area (Å²) in [5.41, 5.74) is 5.39. The highest BCUT2D eigenvalue weighted by Gasteiger charge is 2.10. The minimum atomic E-state index is 0.609. The van der Waals surface area contributed by atoms with Gasteiger partial charge >= 0.3 is 0 Å². The van der Waals surface area contributed by atoms with E-state index in [0.717, 1.165) is 35.7 Å². The van der Waals surface area contributed by atoms with Gasteiger partial charge in [-0.2, -0.15) is 4.98 Å². The third kappa shape index (κ3) is 3.94. The van der Waals surface area contributed by atoms with E-state index in [4.69, 9.17) is 0 Å². The van der Waals surface area contributed by atoms with E-state index in [9.17, 15) is 0 Å². The lowest BCUT2D eigenvalue weighted by atomic mass is 10.1. The van der Waals surface area contributed by atoms with Gasteiger partial charge in [0.1, 0.15) is 5.82 Å². The maximum atomic E-state index is 4.61. The van der Waals surface area contributed by atoms with Crippen LogP contribution in [0.5, 0.6) is 0 Å². The van der Waals surface area contributed by atoms with Gasteiger partial charge in [0.25, 0.3) is 0 Å². The molecule has 0 atom stereocenters. The summed E-state index contributed by atoms with van der Waals surface area (Å²) in [5.74, 6) is 1.38. The monoisotopic (exact) mass is 333 g/mol. The van der Waals surface area contributed by atoms with E-state index in [-0.39, 0.29) is 0 Å². The zero-order valence-electron chi connectivity index (χ0n) is 14.9. The van der Waals surface area contributed by atoms with E-state index in [0.29, 0.717) is 5.95 Å². The second-order valence-corrected chi connectivity index (χ2v) is 5.82. The lowest BCUT2D eigenvalue weighted by Gasteiger charge is -2.15. The topological polar surface area (TPSA) is 62.7 Å². The Balaban J connectivity index is 2.03. The maximum absolute atomic E-state index is 4.61. The Hall–Kier alpha value is -2.95. The fraction of sp³-hybridized carbons (Fsp3) is 0.250. The number of para-hydroxylation sites is 1. The number of anilines is 3. The Kier molecular flexibility index (Phi) is 5.23. The van der Waals surface area contributed by atoms with Gasteiger partial charge < -0.3 is 10.6 Å². The molecule has 0 saturated heterocycles. The van der Waals surface area contributed by atoms with Gasteiger partial charge in [0.2, 0.25) is 5.95 Å². The quantitative estimate of drug-likeness (QED) is 0.691. The van der Waals surface area contributed by atoms with Gasteiger partial charge in [-0.05, 0) is 43.5 Å². The molecule has 3 rings (SSSR count). The van der Waals surface area contributed by atoms with Crippen molar-refractivity contribution < 1.29 is 0 Å². The summed E-state index contributed by atoms with van der Waals surface area (Å²) in [7, 11) is 0. The number of pyridine rings is 1. The number of hydrogen-bond acceptors (Lipinski definition) is 5. The van der Waals surface area contributed by atoms with Crippen molar-refractivity contribution in [1.82, 2.24) is 15.0 Å². The largest absolute Gasteiger partial charge is 0.354 e. The first-order valence-corrected chi connectivity index (χ1v) is 8.60. The van der Waals surface area contributed by atoms with Gasteiger partial charge in [-0.25, -0.2) is 4.98 Å². The highest BCUT2D eigenvalue weighted by molar-refractivity contribution is 5.70. The first kappa shape index (κ1) is 16.9. The number of benzene rings is 1. The van der Waals surface area contributed by atoms with Crippen molar-refractivity contribution in [3.05, 3.63) is 59.9 Å². The zero-order chi connectivity index (χ0) is 17.6. The molecule has 5 heteroatoms. The molecule has 0 bridgehead atoms. The molecule has 5 nitrogen and oxygen atoms in total. The van der Waals surface area contributed by atoms with E-state index < -0.39 is 0 Å². The molecule has 25 heavy (non-hydrogen) atoms. The van der Waals surface area contributed by atoms with Gasteiger partial charge in [0.15, 0.2) is 0 Å². The van der Waals surface area contributed by atoms with Crippen molar-refractivity contribution in [2.24, 2.45) is 0 Å². The van der Waals surface area contributed by atoms with Crippen molar-refractivity contribution in [2.45, 2.75) is 27.2 Å². The van der Waals surface area contributed by atoms with Crippen molar-refractivity contribution in [1.29, 1.82) is 0 Å². The molecule has 0 aliphatic rings. The third-order valence-corrected chi connectivity index (χ3v) is 4.01. The molecule has 0 aliphatic heterocycles. The van der Waals surface area contributed by atoms with Crippen LogP contribution >= 0.6 is 0 Å². The van der Waals surface area contributed by atoms with Gasteiger partial charge in [-0.1, -0.05) is 25.1 Å². The second-order valence-electron chi connectivity index (χ2n) is 5.82. The first-order valence-electron chi connectivity index (χ1n) is 8.60. The molecular formula is C20H23N5. The Morgan fingerprint density at radius 3 is 2.64 bits per heavy atom. The van der Waals surface area contributed by atoms with Crippen molar-refractivity contribution in [3.63, 3.8) is 0 Å². The number of nitrogens with zero attached hydrogens (tertiary/aromatic N) is 3. The van der Waals surface area contributed by atoms with E-state index in [2.05, 4.69) is 57.6 Å². The molecule has 0 fully saturated rings. The van der Waals surface area contributed by atoms with Gasteiger partial charge in [0.05, 0.1) is 5.69 Å². The van der Waals surface area contributed by atoms with Crippen LogP contribution in [0.15, 0.2) is 48.8 Å². The van der Waals surface area contributed by atoms with Crippen LogP contribution in [0.25, 0.3) is 11.3 Å². The zero-order valence-corrected chi connectivity index (χ0v) is 14.9. The Morgan fingerprint density at radius 1 is 1.04 bits per heavy atom. The molecular weight excluding hydrogens is 310 g/mol. The normalized spacial score (nSPS) is 10.5. The summed E-state index contributed by atoms with van der Waals surface area (Å²) in [5, 5.41) is 6.69. The Morgan fingerprint density at radius 2 is 1.92 bits per heavy atom. The molecule has 0 spiro atoms. The fourth-order valence-corrected chi connectivity index (χ4v) is 2.74. The predicted molar refractivity (Wildman–Crippen MR) is 103 cm³/mol. The molecule has 0 aliphatic carbocycles. The lowest BCUT2D eigenvalue weighted by molar-refractivity contribution is 1.08. The van der Waals surface area contributed by atoms with E-state index in [1.165, 1.54) is 11.1 Å².